The third-order valence-electron chi connectivity index (χ3n) is 16.8. The normalized spacial score (nSPS) is 16.8. The van der Waals surface area contributed by atoms with Crippen molar-refractivity contribution in [3.05, 3.63) is 34.9 Å². The van der Waals surface area contributed by atoms with Crippen LogP contribution in [0.2, 0.25) is 0 Å². The van der Waals surface area contributed by atoms with Gasteiger partial charge in [-0.2, -0.15) is 0 Å². The average Bonchev–Trinajstić information content (AvgIpc) is 1.70. The van der Waals surface area contributed by atoms with E-state index in [4.69, 9.17) is 67.5 Å². The number of alkyl halides is 5. The highest BCUT2D eigenvalue weighted by Gasteiger charge is 2.35. The quantitative estimate of drug-likeness (QED) is 0.0653. The van der Waals surface area contributed by atoms with Crippen molar-refractivity contribution in [1.82, 2.24) is 20.9 Å². The molecule has 0 aromatic rings. The number of nitrogens with zero attached hydrogens (tertiary/aromatic N) is 1. The van der Waals surface area contributed by atoms with Gasteiger partial charge in [0, 0.05) is 58.9 Å². The molecule has 5 atom stereocenters. The van der Waals surface area contributed by atoms with E-state index >= 15 is 0 Å². The molecule has 0 saturated carbocycles. The molecule has 2 fully saturated rings. The number of ether oxygens (including phenoxy) is 2. The topological polar surface area (TPSA) is 201 Å². The Labute approximate surface area is 701 Å². The average molecular weight is 1660 g/mol. The number of carbonyl (C=O) groups excluding carboxylic acids is 8. The second kappa shape index (κ2) is 56.5. The molecule has 5 rings (SSSR count). The van der Waals surface area contributed by atoms with Crippen LogP contribution >= 0.6 is 58.0 Å². The lowest BCUT2D eigenvalue weighted by Gasteiger charge is -2.23. The molecule has 4 amide bonds. The van der Waals surface area contributed by atoms with Gasteiger partial charge >= 0.3 is 0 Å². The number of carbonyl (C=O) groups is 8. The molecule has 2 aliphatic heterocycles. The zero-order valence-corrected chi connectivity index (χ0v) is 80.6. The smallest absolute Gasteiger partial charge is 0.237 e. The first-order chi connectivity index (χ1) is 49.5. The molecule has 5 aliphatic rings. The second-order valence-electron chi connectivity index (χ2n) is 42.3. The Morgan fingerprint density at radius 2 is 0.727 bits per heavy atom. The van der Waals surface area contributed by atoms with Crippen LogP contribution in [0.5, 0.6) is 0 Å². The molecule has 0 aromatic carbocycles. The van der Waals surface area contributed by atoms with Crippen LogP contribution in [0.25, 0.3) is 0 Å². The number of hydrogen-bond acceptors (Lipinski definition) is 10. The monoisotopic (exact) mass is 1650 g/mol. The molecule has 648 valence electrons. The Balaban J connectivity index is -0.000000373. The van der Waals surface area contributed by atoms with E-state index < -0.39 is 16.1 Å². The number of ketones is 4. The standard InChI is InChI=1S/C13H22O.C12H20O.C11H18O.C9H18ClNO.C9H17ClO.3C8H16ClNO.C7H14O.C6H12O/c1-13(2,3)10-9-12(14)11-7-5-4-6-8-11;1-12(2,3)9-8-11(13)10-6-4-5-7-10;1-11(2,3)8-7-10(12)9-5-4-6-9;1-9(2,3)5-6-11(4)8(12)7-10;1-9(2,3)6-4-5-8(11)7-10;3*1-6(9)7(11)10-5-8(2,3)4;1-7(2,3)4-6-5-8-6;1-6(2,3)5-4-7-5/h7H,4-6,8-10H2,1-3H3;6H,4-5,7-9H2,1-3H3;5H,4,6-8H2,1-3H3;5-7H2,1-4H3;4-7H2,1-3H3;3*6H,5H2,1-4H3,(H,10,11);6H,4-5H2,1-3H3;5H,4H2,1-3H3/t;;;;;2*6-;;;/m.....10.../s1. The first kappa shape index (κ1) is 116. The lowest BCUT2D eigenvalue weighted by Crippen LogP contribution is -2.36. The van der Waals surface area contributed by atoms with Crippen molar-refractivity contribution in [1.29, 1.82) is 0 Å². The van der Waals surface area contributed by atoms with Crippen molar-refractivity contribution in [2.45, 2.75) is 385 Å². The van der Waals surface area contributed by atoms with E-state index in [9.17, 15) is 38.4 Å². The minimum absolute atomic E-state index is 0.000849. The summed E-state index contributed by atoms with van der Waals surface area (Å²) in [6.07, 6.45) is 27.6. The Bertz CT molecular complexity index is 2610. The molecule has 0 bridgehead atoms. The third kappa shape index (κ3) is 84.5. The molecule has 3 N–H and O–H groups in total. The molecular formula is C91H169Cl5N4O10. The summed E-state index contributed by atoms with van der Waals surface area (Å²) in [7, 11) is 1.79. The zero-order valence-electron chi connectivity index (χ0n) is 76.8. The first-order valence-electron chi connectivity index (χ1n) is 41.0. The fourth-order valence-corrected chi connectivity index (χ4v) is 9.58. The van der Waals surface area contributed by atoms with Crippen molar-refractivity contribution in [2.24, 2.45) is 54.1 Å². The van der Waals surface area contributed by atoms with Crippen LogP contribution in [0.1, 0.15) is 357 Å². The minimum Gasteiger partial charge on any atom is -0.373 e. The van der Waals surface area contributed by atoms with Crippen LogP contribution in [-0.4, -0.2) is 138 Å². The van der Waals surface area contributed by atoms with Gasteiger partial charge in [0.2, 0.25) is 23.6 Å². The van der Waals surface area contributed by atoms with Crippen LogP contribution < -0.4 is 16.0 Å². The highest BCUT2D eigenvalue weighted by molar-refractivity contribution is 6.31. The van der Waals surface area contributed by atoms with Gasteiger partial charge in [0.15, 0.2) is 17.3 Å². The van der Waals surface area contributed by atoms with Crippen LogP contribution in [0.4, 0.5) is 0 Å². The largest absolute Gasteiger partial charge is 0.373 e. The molecule has 110 heavy (non-hydrogen) atoms. The van der Waals surface area contributed by atoms with Gasteiger partial charge in [-0.1, -0.05) is 226 Å². The predicted molar refractivity (Wildman–Crippen MR) is 475 cm³/mol. The third-order valence-corrected chi connectivity index (χ3v) is 17.9. The summed E-state index contributed by atoms with van der Waals surface area (Å²) < 4.78 is 10.2. The molecule has 14 nitrogen and oxygen atoms in total. The predicted octanol–water partition coefficient (Wildman–Crippen LogP) is 24.2. The maximum Gasteiger partial charge on any atom is 0.237 e. The van der Waals surface area contributed by atoms with Gasteiger partial charge in [0.25, 0.3) is 0 Å². The Hall–Kier alpha value is -2.85. The van der Waals surface area contributed by atoms with E-state index in [-0.39, 0.29) is 73.7 Å². The Kier molecular flexibility index (Phi) is 59.4. The van der Waals surface area contributed by atoms with Gasteiger partial charge in [-0.05, 0) is 194 Å². The Morgan fingerprint density at radius 3 is 0.927 bits per heavy atom. The summed E-state index contributed by atoms with van der Waals surface area (Å²) >= 11 is 27.4. The molecule has 19 heteroatoms. The van der Waals surface area contributed by atoms with E-state index in [1.165, 1.54) is 25.7 Å². The van der Waals surface area contributed by atoms with Gasteiger partial charge < -0.3 is 30.3 Å². The molecular weight excluding hydrogens is 1490 g/mol. The Morgan fingerprint density at radius 1 is 0.409 bits per heavy atom. The second-order valence-corrected chi connectivity index (χ2v) is 44.8. The van der Waals surface area contributed by atoms with Crippen molar-refractivity contribution in [3.63, 3.8) is 0 Å². The SMILES string of the molecule is CC(C)(C)C1CO1.CC(C)(C)CC1CO1.CC(C)(C)CCC(=O)C1=CCC1.CC(C)(C)CCC(=O)C1=CCCC1.CC(C)(C)CCC(=O)C1=CCCCC1.CC(C)(C)CCCC(=O)CCl.CC(Cl)C(=O)NCC(C)(C)C.CN(CCC(C)(C)C)C(=O)CCl.C[C@@H](Cl)C(=O)NCC(C)(C)C.C[C@H](Cl)C(=O)NCC(C)(C)C. The molecule has 0 aromatic heterocycles. The van der Waals surface area contributed by atoms with E-state index in [0.29, 0.717) is 77.3 Å². The van der Waals surface area contributed by atoms with Crippen LogP contribution in [0, 0.1) is 54.1 Å². The molecule has 3 unspecified atom stereocenters. The maximum atomic E-state index is 11.8. The number of amides is 4. The molecule has 0 spiro atoms. The van der Waals surface area contributed by atoms with Crippen molar-refractivity contribution in [3.8, 4) is 0 Å². The van der Waals surface area contributed by atoms with Gasteiger partial charge in [-0.25, -0.2) is 0 Å². The maximum absolute atomic E-state index is 11.8. The highest BCUT2D eigenvalue weighted by atomic mass is 35.5. The van der Waals surface area contributed by atoms with E-state index in [1.54, 1.807) is 32.7 Å². The van der Waals surface area contributed by atoms with E-state index in [2.05, 4.69) is 242 Å². The van der Waals surface area contributed by atoms with Crippen LogP contribution in [0.15, 0.2) is 34.9 Å². The highest BCUT2D eigenvalue weighted by Crippen LogP contribution is 2.32. The van der Waals surface area contributed by atoms with E-state index in [1.807, 2.05) is 0 Å². The summed E-state index contributed by atoms with van der Waals surface area (Å²) in [4.78, 5) is 91.1. The lowest BCUT2D eigenvalue weighted by atomic mass is 9.86. The number of Topliss-reactive ketones (excluding diaryl/α,β-unsaturated/α-hetero) is 4. The van der Waals surface area contributed by atoms with Gasteiger partial charge in [0.05, 0.1) is 31.3 Å². The van der Waals surface area contributed by atoms with Crippen LogP contribution in [-0.2, 0) is 47.8 Å². The molecule has 2 heterocycles. The lowest BCUT2D eigenvalue weighted by molar-refractivity contribution is -0.127. The zero-order chi connectivity index (χ0) is 87.3. The van der Waals surface area contributed by atoms with Crippen molar-refractivity contribution >= 4 is 105 Å². The number of rotatable bonds is 23. The summed E-state index contributed by atoms with van der Waals surface area (Å²) in [5, 5.41) is 6.95. The summed E-state index contributed by atoms with van der Waals surface area (Å²) in [5.74, 6) is 1.27. The summed E-state index contributed by atoms with van der Waals surface area (Å²) in [5.41, 5.74) is 5.96. The first-order valence-corrected chi connectivity index (χ1v) is 43.4. The number of epoxide rings is 2. The van der Waals surface area contributed by atoms with E-state index in [0.717, 1.165) is 133 Å². The van der Waals surface area contributed by atoms with Gasteiger partial charge in [-0.15, -0.1) is 58.0 Å². The number of allylic oxidation sites excluding steroid dienone is 6. The molecule has 3 aliphatic carbocycles. The van der Waals surface area contributed by atoms with Gasteiger partial charge in [-0.3, -0.25) is 38.4 Å². The number of hydrogen-bond donors (Lipinski definition) is 3. The van der Waals surface area contributed by atoms with Gasteiger partial charge in [0.1, 0.15) is 27.8 Å². The molecule has 0 radical (unpaired) electrons. The minimum atomic E-state index is -0.433. The fourth-order valence-electron chi connectivity index (χ4n) is 9.01. The molecule has 2 saturated heterocycles. The number of nitrogens with one attached hydrogen (secondary N) is 3. The van der Waals surface area contributed by atoms with Crippen LogP contribution in [0.3, 0.4) is 0 Å². The number of halogens is 5. The summed E-state index contributed by atoms with van der Waals surface area (Å²) in [6.45, 7) is 74.3. The summed E-state index contributed by atoms with van der Waals surface area (Å²) in [6, 6.07) is 0. The van der Waals surface area contributed by atoms with Crippen molar-refractivity contribution in [2.75, 3.05) is 58.2 Å². The fraction of sp³-hybridized carbons (Fsp3) is 0.846. The van der Waals surface area contributed by atoms with Crippen molar-refractivity contribution < 1.29 is 47.8 Å².